The van der Waals surface area contributed by atoms with Crippen LogP contribution in [-0.4, -0.2) is 36.7 Å². The lowest BCUT2D eigenvalue weighted by Crippen LogP contribution is -2.21. The summed E-state index contributed by atoms with van der Waals surface area (Å²) in [5, 5.41) is 18.5. The van der Waals surface area contributed by atoms with Crippen molar-refractivity contribution >= 4 is 34.5 Å². The number of halogens is 4. The van der Waals surface area contributed by atoms with Gasteiger partial charge in [-0.2, -0.15) is 5.10 Å². The van der Waals surface area contributed by atoms with Crippen LogP contribution in [0.5, 0.6) is 17.2 Å². The van der Waals surface area contributed by atoms with Gasteiger partial charge in [0, 0.05) is 29.6 Å². The van der Waals surface area contributed by atoms with Crippen LogP contribution in [0, 0.1) is 0 Å². The van der Waals surface area contributed by atoms with E-state index in [2.05, 4.69) is 20.6 Å². The Labute approximate surface area is 226 Å². The van der Waals surface area contributed by atoms with E-state index in [-0.39, 0.29) is 22.1 Å². The molecular formula is C28H23ClF3N3O4. The number of nitrogens with one attached hydrogen (secondary N) is 2. The summed E-state index contributed by atoms with van der Waals surface area (Å²) in [6.07, 6.45) is -3.19. The number of phenols is 1. The number of benzene rings is 4. The van der Waals surface area contributed by atoms with Crippen LogP contribution in [0.4, 0.5) is 13.2 Å². The summed E-state index contributed by atoms with van der Waals surface area (Å²) in [5.74, 6) is -0.189. The maximum absolute atomic E-state index is 12.3. The molecule has 4 aromatic rings. The molecule has 0 aliphatic carbocycles. The first-order valence-electron chi connectivity index (χ1n) is 11.7. The van der Waals surface area contributed by atoms with Gasteiger partial charge in [-0.15, -0.1) is 13.2 Å². The molecular weight excluding hydrogens is 535 g/mol. The van der Waals surface area contributed by atoms with E-state index in [0.717, 1.165) is 21.9 Å². The summed E-state index contributed by atoms with van der Waals surface area (Å²) in [5.41, 5.74) is 4.26. The highest BCUT2D eigenvalue weighted by molar-refractivity contribution is 6.32. The van der Waals surface area contributed by atoms with Crippen LogP contribution in [-0.2, 0) is 6.54 Å². The number of ether oxygens (including phenoxy) is 2. The lowest BCUT2D eigenvalue weighted by molar-refractivity contribution is -0.274. The van der Waals surface area contributed by atoms with Gasteiger partial charge in [0.25, 0.3) is 5.91 Å². The Hall–Kier alpha value is -4.28. The number of aromatic hydroxyl groups is 1. The molecule has 0 saturated heterocycles. The number of hydrazone groups is 1. The third kappa shape index (κ3) is 7.86. The average molecular weight is 558 g/mol. The lowest BCUT2D eigenvalue weighted by Gasteiger charge is -2.12. The second-order valence-corrected chi connectivity index (χ2v) is 8.69. The fourth-order valence-corrected chi connectivity index (χ4v) is 3.86. The van der Waals surface area contributed by atoms with Crippen LogP contribution >= 0.6 is 11.6 Å². The number of nitrogens with zero attached hydrogens (tertiary/aromatic N) is 1. The molecule has 0 unspecified atom stereocenters. The molecule has 0 heterocycles. The smallest absolute Gasteiger partial charge is 0.506 e. The molecule has 7 nitrogen and oxygen atoms in total. The molecule has 1 amide bonds. The molecule has 39 heavy (non-hydrogen) atoms. The third-order valence-corrected chi connectivity index (χ3v) is 5.82. The largest absolute Gasteiger partial charge is 0.573 e. The highest BCUT2D eigenvalue weighted by Gasteiger charge is 2.30. The highest BCUT2D eigenvalue weighted by Crippen LogP contribution is 2.28. The van der Waals surface area contributed by atoms with E-state index in [9.17, 15) is 23.1 Å². The molecule has 0 aliphatic heterocycles. The molecule has 0 fully saturated rings. The summed E-state index contributed by atoms with van der Waals surface area (Å²) >= 11 is 5.85. The number of amides is 1. The van der Waals surface area contributed by atoms with Crippen molar-refractivity contribution in [3.05, 3.63) is 101 Å². The number of carbonyl (C=O) groups is 1. The number of carbonyl (C=O) groups excluding carboxylic acids is 1. The Bertz CT molecular complexity index is 1480. The van der Waals surface area contributed by atoms with Crippen LogP contribution in [0.3, 0.4) is 0 Å². The molecule has 4 rings (SSSR count). The fraction of sp³-hybridized carbons (Fsp3) is 0.143. The maximum atomic E-state index is 12.3. The number of phenolic OH excluding ortho intramolecular Hbond substituents is 1. The number of fused-ring (bicyclic) bond motifs is 1. The SMILES string of the molecule is O=C(N/N=C/c1ccc(OCCNCc2ccc(OC(F)(F)F)cc2)c2ccccc12)c1ccc(O)c(Cl)c1. The fourth-order valence-electron chi connectivity index (χ4n) is 3.68. The summed E-state index contributed by atoms with van der Waals surface area (Å²) in [7, 11) is 0. The molecule has 202 valence electrons. The van der Waals surface area contributed by atoms with Crippen molar-refractivity contribution in [1.82, 2.24) is 10.7 Å². The Morgan fingerprint density at radius 2 is 1.74 bits per heavy atom. The number of hydrogen-bond donors (Lipinski definition) is 3. The first kappa shape index (κ1) is 27.7. The van der Waals surface area contributed by atoms with Gasteiger partial charge in [-0.05, 0) is 53.4 Å². The van der Waals surface area contributed by atoms with Crippen molar-refractivity contribution in [3.8, 4) is 17.2 Å². The summed E-state index contributed by atoms with van der Waals surface area (Å²) < 4.78 is 46.6. The number of rotatable bonds is 10. The molecule has 0 aliphatic rings. The lowest BCUT2D eigenvalue weighted by atomic mass is 10.0. The summed E-state index contributed by atoms with van der Waals surface area (Å²) in [4.78, 5) is 12.3. The van der Waals surface area contributed by atoms with E-state index in [1.54, 1.807) is 12.1 Å². The molecule has 0 saturated carbocycles. The van der Waals surface area contributed by atoms with Crippen LogP contribution in [0.25, 0.3) is 10.8 Å². The van der Waals surface area contributed by atoms with Gasteiger partial charge in [0.1, 0.15) is 23.9 Å². The van der Waals surface area contributed by atoms with E-state index >= 15 is 0 Å². The number of hydrogen-bond acceptors (Lipinski definition) is 6. The minimum Gasteiger partial charge on any atom is -0.506 e. The molecule has 0 aromatic heterocycles. The first-order chi connectivity index (χ1) is 18.7. The van der Waals surface area contributed by atoms with Gasteiger partial charge in [0.05, 0.1) is 11.2 Å². The van der Waals surface area contributed by atoms with Crippen molar-refractivity contribution in [2.24, 2.45) is 5.10 Å². The summed E-state index contributed by atoms with van der Waals surface area (Å²) in [6, 6.07) is 21.0. The van der Waals surface area contributed by atoms with Crippen molar-refractivity contribution in [3.63, 3.8) is 0 Å². The zero-order valence-corrected chi connectivity index (χ0v) is 21.1. The molecule has 4 aromatic carbocycles. The molecule has 0 bridgehead atoms. The predicted octanol–water partition coefficient (Wildman–Crippen LogP) is 6.03. The minimum atomic E-state index is -4.72. The third-order valence-electron chi connectivity index (χ3n) is 5.52. The standard InChI is InChI=1S/C28H23ClF3N3O4/c29-24-15-19(7-11-25(24)36)27(37)35-34-17-20-8-12-26(23-4-2-1-3-22(20)23)38-14-13-33-16-18-5-9-21(10-6-18)39-28(30,31)32/h1-12,15,17,33,36H,13-14,16H2,(H,35,37)/b34-17+. The second kappa shape index (κ2) is 12.5. The van der Waals surface area contributed by atoms with Gasteiger partial charge >= 0.3 is 6.36 Å². The summed E-state index contributed by atoms with van der Waals surface area (Å²) in [6.45, 7) is 1.32. The molecule has 0 spiro atoms. The van der Waals surface area contributed by atoms with E-state index < -0.39 is 12.3 Å². The van der Waals surface area contributed by atoms with Crippen LogP contribution < -0.4 is 20.2 Å². The Morgan fingerprint density at radius 1 is 1.00 bits per heavy atom. The molecule has 0 atom stereocenters. The van der Waals surface area contributed by atoms with Gasteiger partial charge < -0.3 is 19.9 Å². The van der Waals surface area contributed by atoms with Crippen LogP contribution in [0.2, 0.25) is 5.02 Å². The Kier molecular flexibility index (Phi) is 8.90. The topological polar surface area (TPSA) is 92.2 Å². The first-order valence-corrected chi connectivity index (χ1v) is 12.1. The average Bonchev–Trinajstić information content (AvgIpc) is 2.91. The number of alkyl halides is 3. The van der Waals surface area contributed by atoms with E-state index in [1.807, 2.05) is 36.4 Å². The minimum absolute atomic E-state index is 0.0667. The normalized spacial score (nSPS) is 11.6. The second-order valence-electron chi connectivity index (χ2n) is 8.28. The zero-order valence-electron chi connectivity index (χ0n) is 20.3. The monoisotopic (exact) mass is 557 g/mol. The van der Waals surface area contributed by atoms with E-state index in [4.69, 9.17) is 16.3 Å². The maximum Gasteiger partial charge on any atom is 0.573 e. The Morgan fingerprint density at radius 3 is 2.46 bits per heavy atom. The van der Waals surface area contributed by atoms with Crippen molar-refractivity contribution in [2.75, 3.05) is 13.2 Å². The van der Waals surface area contributed by atoms with Crippen molar-refractivity contribution < 1.29 is 32.5 Å². The molecule has 3 N–H and O–H groups in total. The van der Waals surface area contributed by atoms with Crippen molar-refractivity contribution in [2.45, 2.75) is 12.9 Å². The molecule has 0 radical (unpaired) electrons. The van der Waals surface area contributed by atoms with Gasteiger partial charge in [0.15, 0.2) is 0 Å². The zero-order chi connectivity index (χ0) is 27.8. The highest BCUT2D eigenvalue weighted by atomic mass is 35.5. The van der Waals surface area contributed by atoms with Gasteiger partial charge in [-0.3, -0.25) is 4.79 Å². The van der Waals surface area contributed by atoms with Gasteiger partial charge in [-0.25, -0.2) is 5.43 Å². The van der Waals surface area contributed by atoms with E-state index in [1.165, 1.54) is 36.5 Å². The van der Waals surface area contributed by atoms with Crippen LogP contribution in [0.1, 0.15) is 21.5 Å². The van der Waals surface area contributed by atoms with E-state index in [0.29, 0.717) is 25.4 Å². The van der Waals surface area contributed by atoms with Crippen LogP contribution in [0.15, 0.2) is 84.0 Å². The van der Waals surface area contributed by atoms with Gasteiger partial charge in [-0.1, -0.05) is 48.0 Å². The quantitative estimate of drug-likeness (QED) is 0.126. The Balaban J connectivity index is 1.31. The predicted molar refractivity (Wildman–Crippen MR) is 142 cm³/mol. The van der Waals surface area contributed by atoms with Gasteiger partial charge in [0.2, 0.25) is 0 Å². The molecule has 11 heteroatoms. The van der Waals surface area contributed by atoms with Crippen molar-refractivity contribution in [1.29, 1.82) is 0 Å².